The lowest BCUT2D eigenvalue weighted by atomic mass is 10.0. The lowest BCUT2D eigenvalue weighted by Crippen LogP contribution is -2.23. The van der Waals surface area contributed by atoms with Gasteiger partial charge in [-0.2, -0.15) is 4.98 Å². The van der Waals surface area contributed by atoms with Crippen LogP contribution in [-0.2, 0) is 11.8 Å². The molecule has 4 heterocycles. The van der Waals surface area contributed by atoms with Crippen molar-refractivity contribution in [2.75, 3.05) is 25.1 Å². The van der Waals surface area contributed by atoms with Crippen LogP contribution in [0.4, 0.5) is 5.82 Å². The fourth-order valence-electron chi connectivity index (χ4n) is 3.23. The molecule has 0 bridgehead atoms. The molecule has 1 aliphatic rings. The Morgan fingerprint density at radius 2 is 2.20 bits per heavy atom. The largest absolute Gasteiger partial charge is 0.379 e. The average Bonchev–Trinajstić information content (AvgIpc) is 3.34. The van der Waals surface area contributed by atoms with Crippen molar-refractivity contribution >= 4 is 5.82 Å². The van der Waals surface area contributed by atoms with Gasteiger partial charge >= 0.3 is 0 Å². The Morgan fingerprint density at radius 1 is 1.32 bits per heavy atom. The molecular weight excluding hydrogens is 322 g/mol. The van der Waals surface area contributed by atoms with Crippen LogP contribution in [0.25, 0.3) is 11.5 Å². The van der Waals surface area contributed by atoms with E-state index in [1.807, 2.05) is 25.4 Å². The molecule has 9 nitrogen and oxygen atoms in total. The van der Waals surface area contributed by atoms with Gasteiger partial charge in [-0.3, -0.25) is 4.68 Å². The highest BCUT2D eigenvalue weighted by Gasteiger charge is 2.37. The summed E-state index contributed by atoms with van der Waals surface area (Å²) in [5, 5.41) is 12.2. The summed E-state index contributed by atoms with van der Waals surface area (Å²) in [6.07, 6.45) is 3.71. The first-order valence-electron chi connectivity index (χ1n) is 8.05. The topological polar surface area (TPSA) is 95.0 Å². The van der Waals surface area contributed by atoms with Crippen molar-refractivity contribution in [1.29, 1.82) is 0 Å². The van der Waals surface area contributed by atoms with Gasteiger partial charge in [-0.15, -0.1) is 5.10 Å². The minimum absolute atomic E-state index is 0.0102. The molecule has 1 saturated heterocycles. The number of anilines is 1. The maximum atomic E-state index is 5.69. The Morgan fingerprint density at radius 3 is 2.88 bits per heavy atom. The third-order valence-corrected chi connectivity index (χ3v) is 4.41. The molecule has 0 aromatic carbocycles. The Hall–Kier alpha value is -2.81. The second kappa shape index (κ2) is 6.25. The predicted molar refractivity (Wildman–Crippen MR) is 89.0 cm³/mol. The number of ether oxygens (including phenoxy) is 1. The summed E-state index contributed by atoms with van der Waals surface area (Å²) in [6, 6.07) is 3.80. The monoisotopic (exact) mass is 341 g/mol. The zero-order valence-electron chi connectivity index (χ0n) is 14.3. The summed E-state index contributed by atoms with van der Waals surface area (Å²) < 4.78 is 12.7. The van der Waals surface area contributed by atoms with Crippen LogP contribution in [0.15, 0.2) is 29.0 Å². The molecule has 0 spiro atoms. The normalized spacial score (nSPS) is 20.4. The van der Waals surface area contributed by atoms with Crippen LogP contribution in [0.2, 0.25) is 0 Å². The quantitative estimate of drug-likeness (QED) is 0.698. The maximum Gasteiger partial charge on any atom is 0.261 e. The number of hydrogen-bond donors (Lipinski definition) is 0. The molecule has 0 amide bonds. The fourth-order valence-corrected chi connectivity index (χ4v) is 3.23. The van der Waals surface area contributed by atoms with Crippen LogP contribution in [0, 0.1) is 6.92 Å². The van der Waals surface area contributed by atoms with Crippen LogP contribution in [0.3, 0.4) is 0 Å². The van der Waals surface area contributed by atoms with E-state index in [1.165, 1.54) is 0 Å². The Bertz CT molecular complexity index is 875. The van der Waals surface area contributed by atoms with Crippen molar-refractivity contribution in [3.05, 3.63) is 36.0 Å². The first-order chi connectivity index (χ1) is 12.2. The Labute approximate surface area is 144 Å². The van der Waals surface area contributed by atoms with Gasteiger partial charge in [0.25, 0.3) is 5.89 Å². The van der Waals surface area contributed by atoms with Gasteiger partial charge in [0.2, 0.25) is 0 Å². The number of rotatable bonds is 4. The van der Waals surface area contributed by atoms with E-state index >= 15 is 0 Å². The van der Waals surface area contributed by atoms with Crippen molar-refractivity contribution in [2.45, 2.75) is 18.9 Å². The molecule has 0 aliphatic carbocycles. The third-order valence-electron chi connectivity index (χ3n) is 4.41. The first kappa shape index (κ1) is 15.7. The zero-order chi connectivity index (χ0) is 17.4. The predicted octanol–water partition coefficient (Wildman–Crippen LogP) is 1.19. The number of aromatic nitrogens is 6. The molecule has 25 heavy (non-hydrogen) atoms. The van der Waals surface area contributed by atoms with Gasteiger partial charge < -0.3 is 14.2 Å². The van der Waals surface area contributed by atoms with Crippen LogP contribution < -0.4 is 4.90 Å². The molecular formula is C16H19N7O2. The molecule has 2 atom stereocenters. The van der Waals surface area contributed by atoms with Gasteiger partial charge in [0.15, 0.2) is 5.82 Å². The van der Waals surface area contributed by atoms with Crippen LogP contribution in [-0.4, -0.2) is 56.4 Å². The van der Waals surface area contributed by atoms with Crippen LogP contribution in [0.1, 0.15) is 17.4 Å². The Balaban J connectivity index is 1.67. The average molecular weight is 341 g/mol. The number of aryl methyl sites for hydroxylation is 2. The number of pyridine rings is 1. The molecule has 1 aliphatic heterocycles. The molecule has 0 unspecified atom stereocenters. The summed E-state index contributed by atoms with van der Waals surface area (Å²) >= 11 is 0. The second-order valence-electron chi connectivity index (χ2n) is 6.12. The summed E-state index contributed by atoms with van der Waals surface area (Å²) in [6.45, 7) is 3.23. The molecule has 1 fully saturated rings. The smallest absolute Gasteiger partial charge is 0.261 e. The van der Waals surface area contributed by atoms with Crippen molar-refractivity contribution in [3.8, 4) is 11.5 Å². The van der Waals surface area contributed by atoms with Crippen LogP contribution in [0.5, 0.6) is 0 Å². The number of methoxy groups -OCH3 is 1. The molecule has 9 heteroatoms. The van der Waals surface area contributed by atoms with Crippen molar-refractivity contribution in [1.82, 2.24) is 30.1 Å². The van der Waals surface area contributed by atoms with Gasteiger partial charge in [0.1, 0.15) is 5.82 Å². The van der Waals surface area contributed by atoms with Gasteiger partial charge in [-0.05, 0) is 19.1 Å². The van der Waals surface area contributed by atoms with E-state index in [1.54, 1.807) is 24.9 Å². The molecule has 3 aromatic heterocycles. The van der Waals surface area contributed by atoms with Gasteiger partial charge in [0.05, 0.1) is 23.3 Å². The number of hydrogen-bond acceptors (Lipinski definition) is 8. The minimum Gasteiger partial charge on any atom is -0.379 e. The summed E-state index contributed by atoms with van der Waals surface area (Å²) in [7, 11) is 3.58. The minimum atomic E-state index is 0.0102. The summed E-state index contributed by atoms with van der Waals surface area (Å²) in [4.78, 5) is 11.1. The Kier molecular flexibility index (Phi) is 3.92. The van der Waals surface area contributed by atoms with E-state index in [0.717, 1.165) is 23.6 Å². The standard InChI is InChI=1S/C16H19N7O2/c1-10-18-16(25-20-10)11-5-4-6-17-15(11)23-7-12(14(9-23)24-3)13-8-22(2)21-19-13/h4-6,8,12,14H,7,9H2,1-3H3/t12-,14+/m0/s1. The van der Waals surface area contributed by atoms with E-state index in [2.05, 4.69) is 30.3 Å². The maximum absolute atomic E-state index is 5.69. The van der Waals surface area contributed by atoms with E-state index in [-0.39, 0.29) is 12.0 Å². The molecule has 0 radical (unpaired) electrons. The summed E-state index contributed by atoms with van der Waals surface area (Å²) in [5.41, 5.74) is 1.74. The van der Waals surface area contributed by atoms with E-state index in [4.69, 9.17) is 9.26 Å². The third kappa shape index (κ3) is 2.86. The van der Waals surface area contributed by atoms with E-state index in [0.29, 0.717) is 18.3 Å². The second-order valence-corrected chi connectivity index (χ2v) is 6.12. The molecule has 4 rings (SSSR count). The van der Waals surface area contributed by atoms with Crippen molar-refractivity contribution < 1.29 is 9.26 Å². The van der Waals surface area contributed by atoms with Crippen LogP contribution >= 0.6 is 0 Å². The van der Waals surface area contributed by atoms with Gasteiger partial charge in [0, 0.05) is 39.6 Å². The van der Waals surface area contributed by atoms with Crippen molar-refractivity contribution in [2.24, 2.45) is 7.05 Å². The van der Waals surface area contributed by atoms with Gasteiger partial charge in [-0.1, -0.05) is 10.4 Å². The highest BCUT2D eigenvalue weighted by Crippen LogP contribution is 2.35. The number of nitrogens with zero attached hydrogens (tertiary/aromatic N) is 7. The first-order valence-corrected chi connectivity index (χ1v) is 8.05. The summed E-state index contributed by atoms with van der Waals surface area (Å²) in [5.74, 6) is 1.99. The lowest BCUT2D eigenvalue weighted by molar-refractivity contribution is 0.105. The lowest BCUT2D eigenvalue weighted by Gasteiger charge is -2.18. The fraction of sp³-hybridized carbons (Fsp3) is 0.438. The van der Waals surface area contributed by atoms with Gasteiger partial charge in [-0.25, -0.2) is 4.98 Å². The molecule has 3 aromatic rings. The molecule has 0 saturated carbocycles. The molecule has 0 N–H and O–H groups in total. The highest BCUT2D eigenvalue weighted by atomic mass is 16.5. The highest BCUT2D eigenvalue weighted by molar-refractivity contribution is 5.70. The van der Waals surface area contributed by atoms with E-state index in [9.17, 15) is 0 Å². The van der Waals surface area contributed by atoms with E-state index < -0.39 is 0 Å². The zero-order valence-corrected chi connectivity index (χ0v) is 14.3. The molecule has 130 valence electrons. The van der Waals surface area contributed by atoms with Crippen molar-refractivity contribution in [3.63, 3.8) is 0 Å². The SMILES string of the molecule is CO[C@@H]1CN(c2ncccc2-c2nc(C)no2)C[C@H]1c1cn(C)nn1.